The van der Waals surface area contributed by atoms with Gasteiger partial charge in [0.05, 0.1) is 10.7 Å². The number of nitrogens with zero attached hydrogens (tertiary/aromatic N) is 2. The fourth-order valence-corrected chi connectivity index (χ4v) is 1.46. The summed E-state index contributed by atoms with van der Waals surface area (Å²) in [5.41, 5.74) is 0.465. The third-order valence-corrected chi connectivity index (χ3v) is 2.44. The molecule has 2 rings (SSSR count). The molecule has 0 aliphatic carbocycles. The van der Waals surface area contributed by atoms with E-state index in [1.807, 2.05) is 0 Å². The maximum atomic E-state index is 13.1. The van der Waals surface area contributed by atoms with Gasteiger partial charge in [0, 0.05) is 13.1 Å². The highest BCUT2D eigenvalue weighted by Crippen LogP contribution is 2.25. The van der Waals surface area contributed by atoms with E-state index in [4.69, 9.17) is 11.6 Å². The van der Waals surface area contributed by atoms with Crippen LogP contribution in [0.2, 0.25) is 5.02 Å². The molecule has 0 bridgehead atoms. The van der Waals surface area contributed by atoms with Crippen molar-refractivity contribution >= 4 is 28.9 Å². The number of hydrogen-bond acceptors (Lipinski definition) is 4. The van der Waals surface area contributed by atoms with E-state index in [2.05, 4.69) is 20.6 Å². The van der Waals surface area contributed by atoms with Gasteiger partial charge in [-0.1, -0.05) is 11.6 Å². The molecule has 17 heavy (non-hydrogen) atoms. The maximum Gasteiger partial charge on any atom is 0.135 e. The minimum Gasteiger partial charge on any atom is -0.373 e. The molecule has 0 atom stereocenters. The van der Waals surface area contributed by atoms with Crippen LogP contribution >= 0.6 is 11.6 Å². The lowest BCUT2D eigenvalue weighted by atomic mass is 10.3. The Bertz CT molecular complexity index is 533. The van der Waals surface area contributed by atoms with Gasteiger partial charge in [0.15, 0.2) is 0 Å². The summed E-state index contributed by atoms with van der Waals surface area (Å²) in [6.45, 7) is 0. The minimum absolute atomic E-state index is 0.361. The molecule has 0 unspecified atom stereocenters. The Morgan fingerprint density at radius 3 is 2.71 bits per heavy atom. The number of nitrogens with one attached hydrogen (secondary N) is 2. The van der Waals surface area contributed by atoms with Crippen LogP contribution in [-0.4, -0.2) is 17.0 Å². The van der Waals surface area contributed by atoms with Crippen LogP contribution in [0, 0.1) is 5.82 Å². The molecule has 0 spiro atoms. The van der Waals surface area contributed by atoms with Gasteiger partial charge in [-0.2, -0.15) is 0 Å². The maximum absolute atomic E-state index is 13.1. The second kappa shape index (κ2) is 4.97. The van der Waals surface area contributed by atoms with Crippen LogP contribution in [0.3, 0.4) is 0 Å². The average molecular weight is 253 g/mol. The van der Waals surface area contributed by atoms with Gasteiger partial charge in [-0.3, -0.25) is 0 Å². The van der Waals surface area contributed by atoms with Crippen LogP contribution in [0.5, 0.6) is 0 Å². The summed E-state index contributed by atoms with van der Waals surface area (Å²) >= 11 is 5.93. The summed E-state index contributed by atoms with van der Waals surface area (Å²) in [4.78, 5) is 7.98. The van der Waals surface area contributed by atoms with E-state index in [1.54, 1.807) is 13.1 Å². The first-order valence-corrected chi connectivity index (χ1v) is 5.28. The van der Waals surface area contributed by atoms with Crippen LogP contribution in [0.25, 0.3) is 0 Å². The van der Waals surface area contributed by atoms with Crippen molar-refractivity contribution in [1.82, 2.24) is 9.97 Å². The highest BCUT2D eigenvalue weighted by atomic mass is 35.5. The zero-order valence-electron chi connectivity index (χ0n) is 9.04. The lowest BCUT2D eigenvalue weighted by Crippen LogP contribution is -1.98. The van der Waals surface area contributed by atoms with E-state index < -0.39 is 0 Å². The molecule has 0 aliphatic heterocycles. The standard InChI is InChI=1S/C11H10ClFN4/c1-14-10-5-11(16-6-15-10)17-9-4-7(13)2-3-8(9)12/h2-6H,1H3,(H2,14,15,16,17). The second-order valence-electron chi connectivity index (χ2n) is 3.29. The Morgan fingerprint density at radius 1 is 1.18 bits per heavy atom. The van der Waals surface area contributed by atoms with Crippen molar-refractivity contribution < 1.29 is 4.39 Å². The van der Waals surface area contributed by atoms with Gasteiger partial charge in [-0.05, 0) is 18.2 Å². The van der Waals surface area contributed by atoms with Gasteiger partial charge in [-0.15, -0.1) is 0 Å². The van der Waals surface area contributed by atoms with Crippen molar-refractivity contribution in [3.63, 3.8) is 0 Å². The van der Waals surface area contributed by atoms with Gasteiger partial charge in [0.2, 0.25) is 0 Å². The molecular formula is C11H10ClFN4. The molecule has 0 saturated heterocycles. The third kappa shape index (κ3) is 2.82. The van der Waals surface area contributed by atoms with Gasteiger partial charge < -0.3 is 10.6 Å². The quantitative estimate of drug-likeness (QED) is 0.882. The Balaban J connectivity index is 2.27. The molecule has 0 radical (unpaired) electrons. The predicted octanol–water partition coefficient (Wildman–Crippen LogP) is 3.05. The van der Waals surface area contributed by atoms with E-state index in [0.29, 0.717) is 22.3 Å². The lowest BCUT2D eigenvalue weighted by molar-refractivity contribution is 0.628. The molecule has 1 aromatic carbocycles. The Labute approximate surface area is 103 Å². The summed E-state index contributed by atoms with van der Waals surface area (Å²) in [7, 11) is 1.75. The number of benzene rings is 1. The van der Waals surface area contributed by atoms with Crippen molar-refractivity contribution in [2.45, 2.75) is 0 Å². The topological polar surface area (TPSA) is 49.8 Å². The predicted molar refractivity (Wildman–Crippen MR) is 66.3 cm³/mol. The normalized spacial score (nSPS) is 10.1. The molecular weight excluding hydrogens is 243 g/mol. The first-order chi connectivity index (χ1) is 8.19. The molecule has 0 amide bonds. The smallest absolute Gasteiger partial charge is 0.135 e. The summed E-state index contributed by atoms with van der Waals surface area (Å²) in [5.74, 6) is 0.840. The second-order valence-corrected chi connectivity index (χ2v) is 3.69. The van der Waals surface area contributed by atoms with Crippen LogP contribution in [0.1, 0.15) is 0 Å². The number of halogens is 2. The van der Waals surface area contributed by atoms with Crippen LogP contribution in [-0.2, 0) is 0 Å². The van der Waals surface area contributed by atoms with Gasteiger partial charge >= 0.3 is 0 Å². The van der Waals surface area contributed by atoms with E-state index in [0.717, 1.165) is 0 Å². The highest BCUT2D eigenvalue weighted by molar-refractivity contribution is 6.33. The molecule has 1 heterocycles. The first kappa shape index (κ1) is 11.6. The zero-order valence-corrected chi connectivity index (χ0v) is 9.79. The van der Waals surface area contributed by atoms with E-state index >= 15 is 0 Å². The number of rotatable bonds is 3. The summed E-state index contributed by atoms with van der Waals surface area (Å²) in [5, 5.41) is 6.23. The average Bonchev–Trinajstić information content (AvgIpc) is 2.34. The van der Waals surface area contributed by atoms with E-state index in [1.165, 1.54) is 24.5 Å². The first-order valence-electron chi connectivity index (χ1n) is 4.91. The fraction of sp³-hybridized carbons (Fsp3) is 0.0909. The van der Waals surface area contributed by atoms with E-state index in [-0.39, 0.29) is 5.82 Å². The van der Waals surface area contributed by atoms with Gasteiger partial charge in [-0.25, -0.2) is 14.4 Å². The Kier molecular flexibility index (Phi) is 3.39. The summed E-state index contributed by atoms with van der Waals surface area (Å²) < 4.78 is 13.1. The molecule has 0 saturated carbocycles. The zero-order chi connectivity index (χ0) is 12.3. The SMILES string of the molecule is CNc1cc(Nc2cc(F)ccc2Cl)ncn1. The van der Waals surface area contributed by atoms with Gasteiger partial charge in [0.1, 0.15) is 23.8 Å². The van der Waals surface area contributed by atoms with Crippen molar-refractivity contribution in [3.05, 3.63) is 41.4 Å². The molecule has 2 aromatic rings. The summed E-state index contributed by atoms with van der Waals surface area (Å²) in [6, 6.07) is 5.79. The van der Waals surface area contributed by atoms with Crippen LogP contribution in [0.15, 0.2) is 30.6 Å². The fourth-order valence-electron chi connectivity index (χ4n) is 1.29. The van der Waals surface area contributed by atoms with Crippen molar-refractivity contribution in [1.29, 1.82) is 0 Å². The third-order valence-electron chi connectivity index (χ3n) is 2.11. The largest absolute Gasteiger partial charge is 0.373 e. The minimum atomic E-state index is -0.361. The van der Waals surface area contributed by atoms with E-state index in [9.17, 15) is 4.39 Å². The Hall–Kier alpha value is -1.88. The highest BCUT2D eigenvalue weighted by Gasteiger charge is 2.04. The lowest BCUT2D eigenvalue weighted by Gasteiger charge is -2.08. The van der Waals surface area contributed by atoms with Crippen molar-refractivity contribution in [3.8, 4) is 0 Å². The molecule has 0 aliphatic rings. The summed E-state index contributed by atoms with van der Waals surface area (Å²) in [6.07, 6.45) is 1.40. The van der Waals surface area contributed by atoms with Crippen molar-refractivity contribution in [2.75, 3.05) is 17.7 Å². The molecule has 88 valence electrons. The molecule has 2 N–H and O–H groups in total. The number of anilines is 3. The molecule has 6 heteroatoms. The molecule has 4 nitrogen and oxygen atoms in total. The molecule has 0 fully saturated rings. The van der Waals surface area contributed by atoms with Crippen molar-refractivity contribution in [2.24, 2.45) is 0 Å². The van der Waals surface area contributed by atoms with Gasteiger partial charge in [0.25, 0.3) is 0 Å². The van der Waals surface area contributed by atoms with Crippen LogP contribution in [0.4, 0.5) is 21.7 Å². The Morgan fingerprint density at radius 2 is 1.94 bits per heavy atom. The van der Waals surface area contributed by atoms with Crippen LogP contribution < -0.4 is 10.6 Å². The monoisotopic (exact) mass is 252 g/mol. The number of aromatic nitrogens is 2. The number of hydrogen-bond donors (Lipinski definition) is 2. The molecule has 1 aromatic heterocycles.